The van der Waals surface area contributed by atoms with Crippen LogP contribution in [0.15, 0.2) is 54.1 Å². The van der Waals surface area contributed by atoms with Crippen molar-refractivity contribution in [3.63, 3.8) is 0 Å². The second-order valence-electron chi connectivity index (χ2n) is 10.5. The van der Waals surface area contributed by atoms with Gasteiger partial charge in [0.15, 0.2) is 5.60 Å². The first kappa shape index (κ1) is 27.5. The number of fused-ring (bicyclic) bond motifs is 2. The van der Waals surface area contributed by atoms with Crippen molar-refractivity contribution >= 4 is 23.7 Å². The Kier molecular flexibility index (Phi) is 8.89. The van der Waals surface area contributed by atoms with Gasteiger partial charge in [0, 0.05) is 25.9 Å². The maximum Gasteiger partial charge on any atom is 0.296 e. The van der Waals surface area contributed by atoms with Gasteiger partial charge in [0.25, 0.3) is 11.9 Å². The van der Waals surface area contributed by atoms with Crippen LogP contribution < -0.4 is 0 Å². The molecule has 0 N–H and O–H groups in total. The first-order chi connectivity index (χ1) is 16.6. The van der Waals surface area contributed by atoms with Gasteiger partial charge in [-0.2, -0.15) is 16.8 Å². The predicted molar refractivity (Wildman–Crippen MR) is 144 cm³/mol. The first-order valence-electron chi connectivity index (χ1n) is 12.2. The Balaban J connectivity index is 0.00000108. The molecular weight excluding hydrogens is 460 g/mol. The fourth-order valence-corrected chi connectivity index (χ4v) is 4.74. The number of amidine groups is 1. The number of ether oxygens (including phenoxy) is 3. The highest BCUT2D eigenvalue weighted by molar-refractivity contribution is 7.97. The third kappa shape index (κ3) is 6.38. The van der Waals surface area contributed by atoms with Crippen LogP contribution in [0.4, 0.5) is 0 Å². The smallest absolute Gasteiger partial charge is 0.296 e. The van der Waals surface area contributed by atoms with E-state index in [1.54, 1.807) is 17.8 Å². The number of aliphatic imine (C=N–C) groups is 1. The van der Waals surface area contributed by atoms with Crippen LogP contribution in [0.2, 0.25) is 0 Å². The summed E-state index contributed by atoms with van der Waals surface area (Å²) < 4.78 is 18.4. The number of thioether (sulfide) groups is 1. The Morgan fingerprint density at radius 1 is 1.26 bits per heavy atom. The number of hydrogen-bond acceptors (Lipinski definition) is 6. The Morgan fingerprint density at radius 2 is 1.91 bits per heavy atom. The van der Waals surface area contributed by atoms with Gasteiger partial charge < -0.3 is 19.1 Å². The molecule has 0 radical (unpaired) electrons. The molecule has 1 amide bonds. The summed E-state index contributed by atoms with van der Waals surface area (Å²) in [6, 6.07) is 8.85. The Morgan fingerprint density at radius 3 is 2.54 bits per heavy atom. The molecule has 1 aromatic carbocycles. The molecule has 1 spiro atoms. The van der Waals surface area contributed by atoms with E-state index >= 15 is 0 Å². The van der Waals surface area contributed by atoms with Gasteiger partial charge >= 0.3 is 0 Å². The van der Waals surface area contributed by atoms with E-state index in [1.807, 2.05) is 33.3 Å². The highest BCUT2D eigenvalue weighted by Crippen LogP contribution is 2.44. The number of hydrogen-bond donors (Lipinski definition) is 0. The molecule has 0 saturated carbocycles. The van der Waals surface area contributed by atoms with E-state index in [-0.39, 0.29) is 17.1 Å². The van der Waals surface area contributed by atoms with Gasteiger partial charge in [-0.1, -0.05) is 36.9 Å². The summed E-state index contributed by atoms with van der Waals surface area (Å²) in [6.45, 7) is 16.4. The maximum absolute atomic E-state index is 13.0. The minimum atomic E-state index is -1.08. The molecule has 3 aliphatic heterocycles. The average molecular weight is 501 g/mol. The Hall–Kier alpha value is -2.09. The van der Waals surface area contributed by atoms with Gasteiger partial charge in [0.1, 0.15) is 0 Å². The van der Waals surface area contributed by atoms with Crippen LogP contribution in [0.5, 0.6) is 0 Å². The van der Waals surface area contributed by atoms with Gasteiger partial charge in [-0.3, -0.25) is 4.79 Å². The van der Waals surface area contributed by atoms with Crippen LogP contribution in [0.3, 0.4) is 0 Å². The molecule has 1 unspecified atom stereocenters. The van der Waals surface area contributed by atoms with Crippen molar-refractivity contribution in [3.05, 3.63) is 60.2 Å². The molecule has 3 heterocycles. The van der Waals surface area contributed by atoms with Crippen LogP contribution in [0, 0.1) is 0 Å². The second-order valence-corrected chi connectivity index (χ2v) is 11.3. The maximum atomic E-state index is 13.0. The predicted octanol–water partition coefficient (Wildman–Crippen LogP) is 5.48. The molecule has 1 aromatic rings. The van der Waals surface area contributed by atoms with Crippen LogP contribution in [0.1, 0.15) is 57.6 Å². The summed E-state index contributed by atoms with van der Waals surface area (Å²) in [5, 5.41) is 0. The van der Waals surface area contributed by atoms with Crippen LogP contribution in [0.25, 0.3) is 0 Å². The average Bonchev–Trinajstić information content (AvgIpc) is 3.32. The zero-order valence-electron chi connectivity index (χ0n) is 21.9. The van der Waals surface area contributed by atoms with Crippen molar-refractivity contribution < 1.29 is 19.0 Å². The Bertz CT molecular complexity index is 960. The zero-order valence-corrected chi connectivity index (χ0v) is 22.7. The minimum absolute atomic E-state index is 0.243. The molecule has 1 saturated heterocycles. The van der Waals surface area contributed by atoms with Crippen molar-refractivity contribution in [3.8, 4) is 0 Å². The third-order valence-corrected chi connectivity index (χ3v) is 6.45. The zero-order chi connectivity index (χ0) is 25.7. The third-order valence-electron chi connectivity index (χ3n) is 6.45. The van der Waals surface area contributed by atoms with E-state index < -0.39 is 5.60 Å². The van der Waals surface area contributed by atoms with Gasteiger partial charge in [-0.25, -0.2) is 0 Å². The van der Waals surface area contributed by atoms with E-state index in [4.69, 9.17) is 14.2 Å². The number of carbonyl (C=O) groups is 1. The van der Waals surface area contributed by atoms with Crippen LogP contribution in [-0.2, 0) is 31.2 Å². The van der Waals surface area contributed by atoms with Crippen molar-refractivity contribution in [2.24, 2.45) is 4.99 Å². The Labute approximate surface area is 214 Å². The topological polar surface area (TPSA) is 60.4 Å². The van der Waals surface area contributed by atoms with Gasteiger partial charge in [0.05, 0.1) is 24.4 Å². The van der Waals surface area contributed by atoms with Crippen molar-refractivity contribution in [2.45, 2.75) is 69.9 Å². The van der Waals surface area contributed by atoms with Crippen molar-refractivity contribution in [1.29, 1.82) is 0 Å². The highest BCUT2D eigenvalue weighted by Gasteiger charge is 2.49. The minimum Gasteiger partial charge on any atom is -0.447 e. The number of likely N-dealkylation sites (tertiary alicyclic amines) is 1. The molecule has 6 nitrogen and oxygen atoms in total. The summed E-state index contributed by atoms with van der Waals surface area (Å²) >= 11 is 1.75. The monoisotopic (exact) mass is 500 g/mol. The molecule has 0 aromatic heterocycles. The molecule has 192 valence electrons. The normalized spacial score (nSPS) is 22.7. The lowest BCUT2D eigenvalue weighted by Gasteiger charge is -2.40. The van der Waals surface area contributed by atoms with E-state index in [1.165, 1.54) is 11.1 Å². The molecule has 3 aliphatic rings. The molecule has 0 bridgehead atoms. The molecule has 0 aliphatic carbocycles. The quantitative estimate of drug-likeness (QED) is 0.482. The highest BCUT2D eigenvalue weighted by atomic mass is 32.2. The number of amides is 1. The number of nitrogens with zero attached hydrogens (tertiary/aromatic N) is 2. The molecule has 1 fully saturated rings. The van der Waals surface area contributed by atoms with Gasteiger partial charge in [-0.15, -0.1) is 6.58 Å². The fraction of sp³-hybridized carbons (Fsp3) is 0.571. The summed E-state index contributed by atoms with van der Waals surface area (Å²) in [4.78, 5) is 19.4. The SMILES string of the molecule is C=CCC1(CC(=C)COC(C)(C)C)OC(N2CCC3(CC2)OCc2ccccc23)=NC1=O.CSC. The van der Waals surface area contributed by atoms with Crippen LogP contribution in [-0.4, -0.2) is 60.2 Å². The largest absolute Gasteiger partial charge is 0.447 e. The summed E-state index contributed by atoms with van der Waals surface area (Å²) in [5.41, 5.74) is 1.77. The number of piperidine rings is 1. The summed E-state index contributed by atoms with van der Waals surface area (Å²) in [6.07, 6.45) is 8.20. The van der Waals surface area contributed by atoms with E-state index in [2.05, 4.69) is 47.3 Å². The summed E-state index contributed by atoms with van der Waals surface area (Å²) in [7, 11) is 0. The molecule has 1 atom stereocenters. The lowest BCUT2D eigenvalue weighted by Crippen LogP contribution is -2.47. The van der Waals surface area contributed by atoms with Crippen molar-refractivity contribution in [1.82, 2.24) is 4.90 Å². The van der Waals surface area contributed by atoms with E-state index in [0.717, 1.165) is 31.5 Å². The van der Waals surface area contributed by atoms with Crippen molar-refractivity contribution in [2.75, 3.05) is 32.2 Å². The van der Waals surface area contributed by atoms with Crippen LogP contribution >= 0.6 is 11.8 Å². The lowest BCUT2D eigenvalue weighted by molar-refractivity contribution is -0.131. The summed E-state index contributed by atoms with van der Waals surface area (Å²) in [5.74, 6) is -0.271. The van der Waals surface area contributed by atoms with Gasteiger partial charge in [-0.05, 0) is 62.8 Å². The molecule has 7 heteroatoms. The fourth-order valence-electron chi connectivity index (χ4n) is 4.74. The standard InChI is InChI=1S/C26H34N2O4.C2H6S/c1-6-11-26(16-19(2)17-30-24(3,4)5)22(29)27-23(32-26)28-14-12-25(13-15-28)21-10-8-7-9-20(21)18-31-25;1-3-2/h6-10H,1-2,11-18H2,3-5H3;1-2H3. The first-order valence-corrected chi connectivity index (χ1v) is 13.8. The molecular formula is C28H40N2O4S. The van der Waals surface area contributed by atoms with E-state index in [0.29, 0.717) is 32.1 Å². The number of benzene rings is 1. The molecule has 35 heavy (non-hydrogen) atoms. The lowest BCUT2D eigenvalue weighted by atomic mass is 9.84. The molecule has 4 rings (SSSR count). The van der Waals surface area contributed by atoms with Gasteiger partial charge in [0.2, 0.25) is 0 Å². The van der Waals surface area contributed by atoms with E-state index in [9.17, 15) is 4.79 Å². The number of rotatable bonds is 6. The second kappa shape index (κ2) is 11.3. The number of carbonyl (C=O) groups excluding carboxylic acids is 1.